The number of pyridine rings is 1. The van der Waals surface area contributed by atoms with Gasteiger partial charge in [-0.3, -0.25) is 5.10 Å². The number of nitrogens with zero attached hydrogens (tertiary/aromatic N) is 3. The van der Waals surface area contributed by atoms with Crippen molar-refractivity contribution in [1.29, 1.82) is 0 Å². The molecule has 6 nitrogen and oxygen atoms in total. The molecule has 1 aromatic carbocycles. The Hall–Kier alpha value is -2.76. The Kier molecular flexibility index (Phi) is 4.88. The summed E-state index contributed by atoms with van der Waals surface area (Å²) in [7, 11) is 0. The SMILES string of the molecule is Cc1cc(Nc2cc3cc(N4CCCCC4)ccc3c(OC(C)C)n2)n[nH]1. The lowest BCUT2D eigenvalue weighted by atomic mass is 10.1. The van der Waals surface area contributed by atoms with Gasteiger partial charge in [0.2, 0.25) is 5.88 Å². The molecule has 0 atom stereocenters. The summed E-state index contributed by atoms with van der Waals surface area (Å²) in [6, 6.07) is 10.6. The predicted octanol–water partition coefficient (Wildman–Crippen LogP) is 4.79. The van der Waals surface area contributed by atoms with Gasteiger partial charge in [-0.2, -0.15) is 10.1 Å². The summed E-state index contributed by atoms with van der Waals surface area (Å²) in [5, 5.41) is 12.6. The van der Waals surface area contributed by atoms with Crippen LogP contribution in [-0.4, -0.2) is 34.4 Å². The number of piperidine rings is 1. The zero-order chi connectivity index (χ0) is 18.8. The normalized spacial score (nSPS) is 14.7. The lowest BCUT2D eigenvalue weighted by molar-refractivity contribution is 0.236. The van der Waals surface area contributed by atoms with E-state index in [1.54, 1.807) is 0 Å². The Morgan fingerprint density at radius 3 is 2.59 bits per heavy atom. The third-order valence-electron chi connectivity index (χ3n) is 4.81. The number of nitrogens with one attached hydrogen (secondary N) is 2. The van der Waals surface area contributed by atoms with E-state index in [4.69, 9.17) is 4.74 Å². The highest BCUT2D eigenvalue weighted by atomic mass is 16.5. The molecule has 1 fully saturated rings. The average molecular weight is 365 g/mol. The molecule has 1 aliphatic heterocycles. The lowest BCUT2D eigenvalue weighted by Gasteiger charge is -2.29. The second-order valence-electron chi connectivity index (χ2n) is 7.49. The van der Waals surface area contributed by atoms with Crippen molar-refractivity contribution in [3.05, 3.63) is 36.0 Å². The Morgan fingerprint density at radius 1 is 1.07 bits per heavy atom. The Bertz CT molecular complexity index is 927. The van der Waals surface area contributed by atoms with E-state index in [1.165, 1.54) is 24.9 Å². The van der Waals surface area contributed by atoms with Crippen LogP contribution in [-0.2, 0) is 0 Å². The van der Waals surface area contributed by atoms with Gasteiger partial charge >= 0.3 is 0 Å². The van der Waals surface area contributed by atoms with E-state index >= 15 is 0 Å². The number of hydrogen-bond donors (Lipinski definition) is 2. The number of H-pyrrole nitrogens is 1. The maximum atomic E-state index is 6.00. The monoisotopic (exact) mass is 365 g/mol. The zero-order valence-electron chi connectivity index (χ0n) is 16.2. The van der Waals surface area contributed by atoms with Crippen LogP contribution in [0.15, 0.2) is 30.3 Å². The molecule has 0 unspecified atom stereocenters. The van der Waals surface area contributed by atoms with E-state index in [9.17, 15) is 0 Å². The molecule has 4 rings (SSSR count). The molecule has 3 aromatic rings. The van der Waals surface area contributed by atoms with Crippen LogP contribution in [0.3, 0.4) is 0 Å². The third kappa shape index (κ3) is 3.99. The van der Waals surface area contributed by atoms with Crippen LogP contribution >= 0.6 is 0 Å². The number of aryl methyl sites for hydroxylation is 1. The molecular formula is C21H27N5O. The maximum Gasteiger partial charge on any atom is 0.223 e. The fourth-order valence-corrected chi connectivity index (χ4v) is 3.55. The smallest absolute Gasteiger partial charge is 0.223 e. The third-order valence-corrected chi connectivity index (χ3v) is 4.81. The molecule has 142 valence electrons. The van der Waals surface area contributed by atoms with Crippen molar-refractivity contribution in [1.82, 2.24) is 15.2 Å². The van der Waals surface area contributed by atoms with Crippen LogP contribution in [0.1, 0.15) is 38.8 Å². The first-order chi connectivity index (χ1) is 13.1. The van der Waals surface area contributed by atoms with Crippen LogP contribution in [0.25, 0.3) is 10.8 Å². The highest BCUT2D eigenvalue weighted by Gasteiger charge is 2.14. The second-order valence-corrected chi connectivity index (χ2v) is 7.49. The fourth-order valence-electron chi connectivity index (χ4n) is 3.55. The van der Waals surface area contributed by atoms with E-state index in [1.807, 2.05) is 26.8 Å². The van der Waals surface area contributed by atoms with Crippen molar-refractivity contribution in [2.45, 2.75) is 46.1 Å². The quantitative estimate of drug-likeness (QED) is 0.681. The van der Waals surface area contributed by atoms with E-state index in [0.717, 1.165) is 41.2 Å². The number of aromatic amines is 1. The summed E-state index contributed by atoms with van der Waals surface area (Å²) in [5.74, 6) is 2.14. The van der Waals surface area contributed by atoms with Gasteiger partial charge in [0.15, 0.2) is 5.82 Å². The van der Waals surface area contributed by atoms with Crippen LogP contribution in [0.2, 0.25) is 0 Å². The Labute approximate surface area is 159 Å². The van der Waals surface area contributed by atoms with E-state index in [0.29, 0.717) is 5.88 Å². The molecule has 1 aliphatic rings. The van der Waals surface area contributed by atoms with E-state index < -0.39 is 0 Å². The van der Waals surface area contributed by atoms with Crippen molar-refractivity contribution in [3.8, 4) is 5.88 Å². The molecule has 0 spiro atoms. The first kappa shape index (κ1) is 17.6. The van der Waals surface area contributed by atoms with Gasteiger partial charge in [-0.05, 0) is 69.7 Å². The number of aromatic nitrogens is 3. The van der Waals surface area contributed by atoms with E-state index in [2.05, 4.69) is 49.7 Å². The molecule has 0 radical (unpaired) electrons. The molecule has 0 saturated carbocycles. The summed E-state index contributed by atoms with van der Waals surface area (Å²) in [4.78, 5) is 7.16. The number of anilines is 3. The highest BCUT2D eigenvalue weighted by molar-refractivity contribution is 5.92. The maximum absolute atomic E-state index is 6.00. The summed E-state index contributed by atoms with van der Waals surface area (Å²) >= 11 is 0. The standard InChI is InChI=1S/C21H27N5O/c1-14(2)27-21-18-8-7-17(26-9-5-4-6-10-26)12-16(18)13-19(23-21)22-20-11-15(3)24-25-20/h7-8,11-14H,4-6,9-10H2,1-3H3,(H2,22,23,24,25). The minimum atomic E-state index is 0.0605. The van der Waals surface area contributed by atoms with Gasteiger partial charge in [0.05, 0.1) is 6.10 Å². The first-order valence-electron chi connectivity index (χ1n) is 9.74. The fraction of sp³-hybridized carbons (Fsp3) is 0.429. The summed E-state index contributed by atoms with van der Waals surface area (Å²) in [5.41, 5.74) is 2.27. The topological polar surface area (TPSA) is 66.1 Å². The lowest BCUT2D eigenvalue weighted by Crippen LogP contribution is -2.29. The Balaban J connectivity index is 1.73. The van der Waals surface area contributed by atoms with E-state index in [-0.39, 0.29) is 6.10 Å². The largest absolute Gasteiger partial charge is 0.474 e. The zero-order valence-corrected chi connectivity index (χ0v) is 16.2. The molecule has 0 bridgehead atoms. The van der Waals surface area contributed by atoms with Crippen LogP contribution < -0.4 is 15.0 Å². The number of rotatable bonds is 5. The molecule has 3 heterocycles. The number of ether oxygens (including phenoxy) is 1. The summed E-state index contributed by atoms with van der Waals surface area (Å²) in [6.45, 7) is 8.27. The summed E-state index contributed by atoms with van der Waals surface area (Å²) < 4.78 is 6.00. The highest BCUT2D eigenvalue weighted by Crippen LogP contribution is 2.32. The minimum absolute atomic E-state index is 0.0605. The molecule has 0 aliphatic carbocycles. The molecule has 6 heteroatoms. The molecule has 2 aromatic heterocycles. The number of fused-ring (bicyclic) bond motifs is 1. The number of benzene rings is 1. The van der Waals surface area contributed by atoms with Gasteiger partial charge in [0, 0.05) is 35.9 Å². The van der Waals surface area contributed by atoms with Gasteiger partial charge < -0.3 is 15.0 Å². The van der Waals surface area contributed by atoms with Crippen molar-refractivity contribution >= 4 is 28.1 Å². The van der Waals surface area contributed by atoms with Crippen LogP contribution in [0, 0.1) is 6.92 Å². The molecule has 27 heavy (non-hydrogen) atoms. The number of hydrogen-bond acceptors (Lipinski definition) is 5. The molecule has 2 N–H and O–H groups in total. The Morgan fingerprint density at radius 2 is 1.89 bits per heavy atom. The van der Waals surface area contributed by atoms with Crippen molar-refractivity contribution < 1.29 is 4.74 Å². The first-order valence-corrected chi connectivity index (χ1v) is 9.74. The van der Waals surface area contributed by atoms with Gasteiger partial charge in [-0.15, -0.1) is 0 Å². The summed E-state index contributed by atoms with van der Waals surface area (Å²) in [6.07, 6.45) is 3.92. The van der Waals surface area contributed by atoms with Crippen LogP contribution in [0.5, 0.6) is 5.88 Å². The predicted molar refractivity (Wildman–Crippen MR) is 110 cm³/mol. The molecule has 1 saturated heterocycles. The molecular weight excluding hydrogens is 338 g/mol. The minimum Gasteiger partial charge on any atom is -0.474 e. The van der Waals surface area contributed by atoms with Gasteiger partial charge in [-0.25, -0.2) is 0 Å². The average Bonchev–Trinajstić information content (AvgIpc) is 3.06. The van der Waals surface area contributed by atoms with Crippen molar-refractivity contribution in [2.24, 2.45) is 0 Å². The van der Waals surface area contributed by atoms with Gasteiger partial charge in [0.25, 0.3) is 0 Å². The second kappa shape index (κ2) is 7.47. The van der Waals surface area contributed by atoms with Gasteiger partial charge in [0.1, 0.15) is 5.82 Å². The van der Waals surface area contributed by atoms with Gasteiger partial charge in [-0.1, -0.05) is 0 Å². The van der Waals surface area contributed by atoms with Crippen molar-refractivity contribution in [2.75, 3.05) is 23.3 Å². The van der Waals surface area contributed by atoms with Crippen LogP contribution in [0.4, 0.5) is 17.3 Å². The molecule has 0 amide bonds. The van der Waals surface area contributed by atoms with Crippen molar-refractivity contribution in [3.63, 3.8) is 0 Å².